The summed E-state index contributed by atoms with van der Waals surface area (Å²) in [5.74, 6) is 0. The third-order valence-electron chi connectivity index (χ3n) is 4.50. The molecule has 2 heterocycles. The summed E-state index contributed by atoms with van der Waals surface area (Å²) >= 11 is 6.21. The van der Waals surface area contributed by atoms with Gasteiger partial charge in [0.05, 0.1) is 5.69 Å². The number of benzene rings is 1. The topological polar surface area (TPSA) is 38.0 Å². The second-order valence-corrected chi connectivity index (χ2v) is 6.60. The minimum absolute atomic E-state index is 0. The van der Waals surface area contributed by atoms with Gasteiger partial charge < -0.3 is 9.67 Å². The Balaban J connectivity index is 0.00000225. The lowest BCUT2D eigenvalue weighted by atomic mass is 10.1. The molecular formula is C20H24Cl2N2O. The van der Waals surface area contributed by atoms with Gasteiger partial charge in [0.2, 0.25) is 0 Å². The Morgan fingerprint density at radius 3 is 2.64 bits per heavy atom. The normalized spacial score (nSPS) is 10.8. The van der Waals surface area contributed by atoms with Crippen LogP contribution < -0.4 is 0 Å². The number of aromatic nitrogens is 2. The van der Waals surface area contributed by atoms with Crippen LogP contribution in [-0.2, 0) is 6.54 Å². The summed E-state index contributed by atoms with van der Waals surface area (Å²) in [6.07, 6.45) is 7.90. The maximum absolute atomic E-state index is 8.92. The van der Waals surface area contributed by atoms with E-state index in [9.17, 15) is 0 Å². The van der Waals surface area contributed by atoms with Crippen LogP contribution in [0.2, 0.25) is 5.02 Å². The van der Waals surface area contributed by atoms with Gasteiger partial charge in [0.15, 0.2) is 0 Å². The lowest BCUT2D eigenvalue weighted by molar-refractivity contribution is 0.282. The molecule has 0 aliphatic heterocycles. The molecule has 0 unspecified atom stereocenters. The molecule has 0 radical (unpaired) electrons. The van der Waals surface area contributed by atoms with Gasteiger partial charge in [-0.25, -0.2) is 0 Å². The van der Waals surface area contributed by atoms with Crippen molar-refractivity contribution < 1.29 is 5.11 Å². The summed E-state index contributed by atoms with van der Waals surface area (Å²) in [6.45, 7) is 3.40. The molecule has 0 aliphatic carbocycles. The van der Waals surface area contributed by atoms with Crippen molar-refractivity contribution in [3.05, 3.63) is 53.3 Å². The maximum Gasteiger partial charge on any atom is 0.0536 e. The highest BCUT2D eigenvalue weighted by molar-refractivity contribution is 6.31. The molecule has 3 aromatic rings. The fraction of sp³-hybridized carbons (Fsp3) is 0.350. The minimum atomic E-state index is 0. The van der Waals surface area contributed by atoms with Crippen LogP contribution in [0.5, 0.6) is 0 Å². The number of pyridine rings is 1. The van der Waals surface area contributed by atoms with E-state index in [0.717, 1.165) is 42.8 Å². The number of halogens is 2. The van der Waals surface area contributed by atoms with Crippen LogP contribution in [0.4, 0.5) is 0 Å². The SMILES string of the molecule is Cc1c(-c2cccnc2)n(CCCCCCO)c2ccc(Cl)cc12.Cl. The van der Waals surface area contributed by atoms with Crippen molar-refractivity contribution in [2.75, 3.05) is 6.61 Å². The van der Waals surface area contributed by atoms with Crippen molar-refractivity contribution in [1.29, 1.82) is 0 Å². The number of fused-ring (bicyclic) bond motifs is 1. The fourth-order valence-corrected chi connectivity index (χ4v) is 3.51. The molecule has 25 heavy (non-hydrogen) atoms. The molecule has 134 valence electrons. The zero-order valence-corrected chi connectivity index (χ0v) is 16.0. The Morgan fingerprint density at radius 1 is 1.12 bits per heavy atom. The Kier molecular flexibility index (Phi) is 7.30. The number of aryl methyl sites for hydroxylation is 2. The second kappa shape index (κ2) is 9.23. The monoisotopic (exact) mass is 378 g/mol. The first-order chi connectivity index (χ1) is 11.7. The summed E-state index contributed by atoms with van der Waals surface area (Å²) in [5.41, 5.74) is 4.83. The van der Waals surface area contributed by atoms with Crippen molar-refractivity contribution in [3.63, 3.8) is 0 Å². The average molecular weight is 379 g/mol. The van der Waals surface area contributed by atoms with Gasteiger partial charge in [-0.3, -0.25) is 4.98 Å². The molecule has 3 rings (SSSR count). The molecule has 0 saturated heterocycles. The summed E-state index contributed by atoms with van der Waals surface area (Å²) in [5, 5.41) is 10.9. The van der Waals surface area contributed by atoms with Crippen molar-refractivity contribution >= 4 is 34.9 Å². The van der Waals surface area contributed by atoms with Gasteiger partial charge in [-0.2, -0.15) is 0 Å². The highest BCUT2D eigenvalue weighted by Gasteiger charge is 2.16. The van der Waals surface area contributed by atoms with Gasteiger partial charge in [-0.15, -0.1) is 12.4 Å². The van der Waals surface area contributed by atoms with E-state index < -0.39 is 0 Å². The van der Waals surface area contributed by atoms with Crippen molar-refractivity contribution in [2.24, 2.45) is 0 Å². The first-order valence-electron chi connectivity index (χ1n) is 8.52. The summed E-state index contributed by atoms with van der Waals surface area (Å²) < 4.78 is 2.39. The Bertz CT molecular complexity index is 815. The highest BCUT2D eigenvalue weighted by atomic mass is 35.5. The van der Waals surface area contributed by atoms with Crippen LogP contribution in [0.25, 0.3) is 22.2 Å². The van der Waals surface area contributed by atoms with E-state index in [0.29, 0.717) is 0 Å². The average Bonchev–Trinajstić information content (AvgIpc) is 2.87. The van der Waals surface area contributed by atoms with Crippen molar-refractivity contribution in [1.82, 2.24) is 9.55 Å². The van der Waals surface area contributed by atoms with Crippen molar-refractivity contribution in [3.8, 4) is 11.3 Å². The molecule has 1 aromatic carbocycles. The van der Waals surface area contributed by atoms with Crippen molar-refractivity contribution in [2.45, 2.75) is 39.2 Å². The van der Waals surface area contributed by atoms with E-state index >= 15 is 0 Å². The molecule has 0 amide bonds. The fourth-order valence-electron chi connectivity index (χ4n) is 3.34. The maximum atomic E-state index is 8.92. The van der Waals surface area contributed by atoms with Crippen LogP contribution >= 0.6 is 24.0 Å². The lowest BCUT2D eigenvalue weighted by Gasteiger charge is -2.11. The van der Waals surface area contributed by atoms with Crippen LogP contribution in [0.1, 0.15) is 31.2 Å². The van der Waals surface area contributed by atoms with Crippen LogP contribution in [0.15, 0.2) is 42.7 Å². The summed E-state index contributed by atoms with van der Waals surface area (Å²) in [6, 6.07) is 10.2. The van der Waals surface area contributed by atoms with Gasteiger partial charge in [-0.1, -0.05) is 24.4 Å². The van der Waals surface area contributed by atoms with Crippen LogP contribution in [0.3, 0.4) is 0 Å². The molecule has 5 heteroatoms. The molecule has 0 bridgehead atoms. The third kappa shape index (κ3) is 4.35. The smallest absolute Gasteiger partial charge is 0.0536 e. The third-order valence-corrected chi connectivity index (χ3v) is 4.74. The molecule has 2 aromatic heterocycles. The number of unbranched alkanes of at least 4 members (excludes halogenated alkanes) is 3. The molecule has 1 N–H and O–H groups in total. The van der Waals surface area contributed by atoms with Gasteiger partial charge >= 0.3 is 0 Å². The standard InChI is InChI=1S/C20H23ClN2O.ClH/c1-15-18-13-17(21)8-9-19(18)23(11-4-2-3-5-12-24)20(15)16-7-6-10-22-14-16;/h6-10,13-14,24H,2-5,11-12H2,1H3;1H. The van der Waals surface area contributed by atoms with E-state index in [1.807, 2.05) is 24.4 Å². The molecule has 0 aliphatic rings. The number of aliphatic hydroxyl groups is 1. The van der Waals surface area contributed by atoms with E-state index in [4.69, 9.17) is 16.7 Å². The Labute approximate surface area is 160 Å². The van der Waals surface area contributed by atoms with Gasteiger partial charge in [0, 0.05) is 47.0 Å². The molecular weight excluding hydrogens is 355 g/mol. The second-order valence-electron chi connectivity index (χ2n) is 6.17. The van der Waals surface area contributed by atoms with Crippen LogP contribution in [-0.4, -0.2) is 21.3 Å². The van der Waals surface area contributed by atoms with Crippen LogP contribution in [0, 0.1) is 6.92 Å². The highest BCUT2D eigenvalue weighted by Crippen LogP contribution is 2.34. The zero-order chi connectivity index (χ0) is 16.9. The van der Waals surface area contributed by atoms with Gasteiger partial charge in [0.1, 0.15) is 0 Å². The number of aliphatic hydroxyl groups excluding tert-OH is 1. The van der Waals surface area contributed by atoms with Gasteiger partial charge in [0.25, 0.3) is 0 Å². The first-order valence-corrected chi connectivity index (χ1v) is 8.90. The molecule has 0 saturated carbocycles. The summed E-state index contributed by atoms with van der Waals surface area (Å²) in [4.78, 5) is 4.28. The molecule has 0 fully saturated rings. The summed E-state index contributed by atoms with van der Waals surface area (Å²) in [7, 11) is 0. The van der Waals surface area contributed by atoms with E-state index in [1.54, 1.807) is 6.20 Å². The molecule has 0 atom stereocenters. The molecule has 3 nitrogen and oxygen atoms in total. The predicted molar refractivity (Wildman–Crippen MR) is 108 cm³/mol. The van der Waals surface area contributed by atoms with E-state index in [2.05, 4.69) is 28.6 Å². The lowest BCUT2D eigenvalue weighted by Crippen LogP contribution is -2.01. The largest absolute Gasteiger partial charge is 0.396 e. The number of hydrogen-bond donors (Lipinski definition) is 1. The zero-order valence-electron chi connectivity index (χ0n) is 14.4. The first kappa shape index (κ1) is 19.8. The minimum Gasteiger partial charge on any atom is -0.396 e. The quantitative estimate of drug-likeness (QED) is 0.540. The Morgan fingerprint density at radius 2 is 1.92 bits per heavy atom. The van der Waals surface area contributed by atoms with E-state index in [1.165, 1.54) is 22.2 Å². The number of nitrogens with zero attached hydrogens (tertiary/aromatic N) is 2. The number of rotatable bonds is 7. The van der Waals surface area contributed by atoms with Gasteiger partial charge in [-0.05, 0) is 55.7 Å². The number of hydrogen-bond acceptors (Lipinski definition) is 2. The molecule has 0 spiro atoms. The predicted octanol–water partition coefficient (Wildman–Crippen LogP) is 5.64. The van der Waals surface area contributed by atoms with E-state index in [-0.39, 0.29) is 19.0 Å². The Hall–Kier alpha value is -1.55.